The number of hydrogen-bond donors (Lipinski definition) is 2. The molecule has 0 saturated carbocycles. The van der Waals surface area contributed by atoms with Crippen LogP contribution in [0.25, 0.3) is 5.69 Å². The lowest BCUT2D eigenvalue weighted by molar-refractivity contribution is 0.474. The van der Waals surface area contributed by atoms with Crippen LogP contribution in [0.2, 0.25) is 0 Å². The first-order valence-electron chi connectivity index (χ1n) is 6.25. The van der Waals surface area contributed by atoms with Gasteiger partial charge in [-0.2, -0.15) is 0 Å². The number of aromatic nitrogens is 2. The topological polar surface area (TPSA) is 58.0 Å². The van der Waals surface area contributed by atoms with Crippen molar-refractivity contribution in [1.82, 2.24) is 9.78 Å². The van der Waals surface area contributed by atoms with Gasteiger partial charge in [-0.15, -0.1) is 0 Å². The first kappa shape index (κ1) is 16.0. The number of aromatic amines is 1. The van der Waals surface area contributed by atoms with E-state index in [2.05, 4.69) is 5.10 Å². The molecule has 2 aromatic rings. The van der Waals surface area contributed by atoms with Gasteiger partial charge in [0.25, 0.3) is 5.56 Å². The van der Waals surface area contributed by atoms with Crippen LogP contribution in [0.4, 0.5) is 0 Å². The Bertz CT molecular complexity index is 513. The van der Waals surface area contributed by atoms with Gasteiger partial charge in [-0.25, -0.2) is 0 Å². The average molecular weight is 250 g/mol. The molecule has 1 aromatic carbocycles. The predicted octanol–water partition coefficient (Wildman–Crippen LogP) is 3.23. The fourth-order valence-electron chi connectivity index (χ4n) is 1.39. The van der Waals surface area contributed by atoms with Gasteiger partial charge in [-0.1, -0.05) is 33.8 Å². The molecule has 0 amide bonds. The van der Waals surface area contributed by atoms with Crippen LogP contribution in [0, 0.1) is 6.92 Å². The van der Waals surface area contributed by atoms with Crippen LogP contribution in [-0.4, -0.2) is 14.9 Å². The Labute approximate surface area is 108 Å². The highest BCUT2D eigenvalue weighted by Crippen LogP contribution is 2.14. The van der Waals surface area contributed by atoms with E-state index < -0.39 is 0 Å². The molecule has 1 aromatic heterocycles. The number of phenolic OH excluding ortho intramolecular Hbond substituents is 1. The lowest BCUT2D eigenvalue weighted by Crippen LogP contribution is -2.03. The van der Waals surface area contributed by atoms with Crippen molar-refractivity contribution in [3.8, 4) is 11.4 Å². The molecule has 0 saturated heterocycles. The second-order valence-corrected chi connectivity index (χ2v) is 3.12. The minimum absolute atomic E-state index is 0.147. The number of aryl methyl sites for hydroxylation is 1. The Morgan fingerprint density at radius 2 is 1.72 bits per heavy atom. The van der Waals surface area contributed by atoms with Crippen molar-refractivity contribution in [2.45, 2.75) is 34.6 Å². The first-order valence-corrected chi connectivity index (χ1v) is 6.25. The van der Waals surface area contributed by atoms with Crippen molar-refractivity contribution in [2.75, 3.05) is 0 Å². The summed E-state index contributed by atoms with van der Waals surface area (Å²) in [6.45, 7) is 9.82. The summed E-state index contributed by atoms with van der Waals surface area (Å²) >= 11 is 0. The Morgan fingerprint density at radius 1 is 1.11 bits per heavy atom. The highest BCUT2D eigenvalue weighted by Gasteiger charge is 2.02. The normalized spacial score (nSPS) is 8.72. The maximum atomic E-state index is 11.0. The van der Waals surface area contributed by atoms with Crippen molar-refractivity contribution < 1.29 is 5.11 Å². The molecule has 0 aliphatic heterocycles. The zero-order valence-electron chi connectivity index (χ0n) is 11.7. The predicted molar refractivity (Wildman–Crippen MR) is 75.5 cm³/mol. The molecule has 4 nitrogen and oxygen atoms in total. The van der Waals surface area contributed by atoms with E-state index >= 15 is 0 Å². The van der Waals surface area contributed by atoms with Crippen LogP contribution < -0.4 is 5.56 Å². The van der Waals surface area contributed by atoms with Gasteiger partial charge in [0.2, 0.25) is 0 Å². The third kappa shape index (κ3) is 4.13. The van der Waals surface area contributed by atoms with E-state index in [9.17, 15) is 9.90 Å². The van der Waals surface area contributed by atoms with E-state index in [1.54, 1.807) is 22.9 Å². The minimum Gasteiger partial charge on any atom is -0.508 e. The number of benzene rings is 1. The standard InChI is InChI=1S/C10H10N2O2.2C2H6/c1-7-5-10(14)11-12(7)8-3-2-4-9(13)6-8;2*1-2/h2-6,13H,1H3,(H,11,14);2*1-2H3. The molecule has 100 valence electrons. The molecule has 0 spiro atoms. The number of nitrogens with one attached hydrogen (secondary N) is 1. The van der Waals surface area contributed by atoms with Crippen molar-refractivity contribution in [3.05, 3.63) is 46.4 Å². The summed E-state index contributed by atoms with van der Waals surface area (Å²) in [6, 6.07) is 8.21. The van der Waals surface area contributed by atoms with Crippen LogP contribution in [0.5, 0.6) is 5.75 Å². The van der Waals surface area contributed by atoms with Crippen molar-refractivity contribution >= 4 is 0 Å². The molecular weight excluding hydrogens is 228 g/mol. The molecular formula is C14H22N2O2. The second kappa shape index (κ2) is 8.17. The van der Waals surface area contributed by atoms with Gasteiger partial charge in [0.15, 0.2) is 0 Å². The van der Waals surface area contributed by atoms with E-state index in [4.69, 9.17) is 0 Å². The smallest absolute Gasteiger partial charge is 0.264 e. The number of rotatable bonds is 1. The summed E-state index contributed by atoms with van der Waals surface area (Å²) in [7, 11) is 0. The molecule has 0 radical (unpaired) electrons. The maximum absolute atomic E-state index is 11.0. The van der Waals surface area contributed by atoms with Gasteiger partial charge >= 0.3 is 0 Å². The number of H-pyrrole nitrogens is 1. The highest BCUT2D eigenvalue weighted by atomic mass is 16.3. The SMILES string of the molecule is CC.CC.Cc1cc(=O)[nH]n1-c1cccc(O)c1. The first-order chi connectivity index (χ1) is 8.66. The number of phenols is 1. The molecule has 0 aliphatic carbocycles. The number of aromatic hydroxyl groups is 1. The van der Waals surface area contributed by atoms with Gasteiger partial charge in [-0.3, -0.25) is 14.6 Å². The van der Waals surface area contributed by atoms with Crippen LogP contribution in [0.3, 0.4) is 0 Å². The molecule has 0 fully saturated rings. The zero-order chi connectivity index (χ0) is 14.1. The highest BCUT2D eigenvalue weighted by molar-refractivity contribution is 5.38. The minimum atomic E-state index is -0.147. The Hall–Kier alpha value is -1.97. The van der Waals surface area contributed by atoms with E-state index in [1.165, 1.54) is 6.07 Å². The van der Waals surface area contributed by atoms with Crippen LogP contribution >= 0.6 is 0 Å². The third-order valence-electron chi connectivity index (χ3n) is 2.00. The molecule has 1 heterocycles. The Morgan fingerprint density at radius 3 is 2.17 bits per heavy atom. The molecule has 4 heteroatoms. The Kier molecular flexibility index (Phi) is 7.28. The van der Waals surface area contributed by atoms with Crippen molar-refractivity contribution in [2.24, 2.45) is 0 Å². The van der Waals surface area contributed by atoms with E-state index in [0.717, 1.165) is 11.4 Å². The largest absolute Gasteiger partial charge is 0.508 e. The molecule has 0 bridgehead atoms. The quantitative estimate of drug-likeness (QED) is 0.816. The van der Waals surface area contributed by atoms with Crippen molar-refractivity contribution in [3.63, 3.8) is 0 Å². The lowest BCUT2D eigenvalue weighted by Gasteiger charge is -2.04. The van der Waals surface area contributed by atoms with E-state index in [0.29, 0.717) is 0 Å². The summed E-state index contributed by atoms with van der Waals surface area (Å²) in [5.74, 6) is 0.177. The summed E-state index contributed by atoms with van der Waals surface area (Å²) in [5, 5.41) is 11.9. The molecule has 2 rings (SSSR count). The maximum Gasteiger partial charge on any atom is 0.264 e. The second-order valence-electron chi connectivity index (χ2n) is 3.12. The third-order valence-corrected chi connectivity index (χ3v) is 2.00. The van der Waals surface area contributed by atoms with Crippen LogP contribution in [0.1, 0.15) is 33.4 Å². The fraction of sp³-hybridized carbons (Fsp3) is 0.357. The molecule has 0 aliphatic rings. The Balaban J connectivity index is 0.000000659. The molecule has 0 atom stereocenters. The van der Waals surface area contributed by atoms with E-state index in [1.807, 2.05) is 40.7 Å². The number of hydrogen-bond acceptors (Lipinski definition) is 2. The molecule has 0 unspecified atom stereocenters. The van der Waals surface area contributed by atoms with Gasteiger partial charge in [0.05, 0.1) is 5.69 Å². The average Bonchev–Trinajstić information content (AvgIpc) is 2.73. The van der Waals surface area contributed by atoms with Gasteiger partial charge in [0, 0.05) is 17.8 Å². The monoisotopic (exact) mass is 250 g/mol. The van der Waals surface area contributed by atoms with Gasteiger partial charge in [0.1, 0.15) is 5.75 Å². The van der Waals surface area contributed by atoms with Crippen molar-refractivity contribution in [1.29, 1.82) is 0 Å². The zero-order valence-corrected chi connectivity index (χ0v) is 11.7. The summed E-state index contributed by atoms with van der Waals surface area (Å²) in [5.41, 5.74) is 1.40. The summed E-state index contributed by atoms with van der Waals surface area (Å²) in [6.07, 6.45) is 0. The van der Waals surface area contributed by atoms with Gasteiger partial charge in [-0.05, 0) is 19.1 Å². The van der Waals surface area contributed by atoms with Crippen LogP contribution in [0.15, 0.2) is 35.1 Å². The molecule has 2 N–H and O–H groups in total. The summed E-state index contributed by atoms with van der Waals surface area (Å²) in [4.78, 5) is 11.0. The molecule has 18 heavy (non-hydrogen) atoms. The number of nitrogens with zero attached hydrogens (tertiary/aromatic N) is 1. The summed E-state index contributed by atoms with van der Waals surface area (Å²) < 4.78 is 1.63. The van der Waals surface area contributed by atoms with Crippen LogP contribution in [-0.2, 0) is 0 Å². The fourth-order valence-corrected chi connectivity index (χ4v) is 1.39. The van der Waals surface area contributed by atoms with Gasteiger partial charge < -0.3 is 5.11 Å². The lowest BCUT2D eigenvalue weighted by atomic mass is 10.3. The van der Waals surface area contributed by atoms with E-state index in [-0.39, 0.29) is 11.3 Å².